The molecule has 2 aromatic rings. The number of anilines is 1. The normalized spacial score (nSPS) is 17.2. The summed E-state index contributed by atoms with van der Waals surface area (Å²) in [5.41, 5.74) is 2.78. The van der Waals surface area contributed by atoms with E-state index in [2.05, 4.69) is 41.8 Å². The molecule has 1 heterocycles. The van der Waals surface area contributed by atoms with Crippen molar-refractivity contribution in [3.63, 3.8) is 0 Å². The standard InChI is InChI=1S/C24H31N3O2/c1-4-5-15-25-23(28)27(3)18-24(2)14-13-20-16-21(11-12-22(20)29-24)26-17-19-9-7-6-8-10-19/h6-14,16,26H,4-5,15,17-18H2,1-3H3,(H,25,28). The maximum atomic E-state index is 12.2. The van der Waals surface area contributed by atoms with Crippen molar-refractivity contribution in [1.82, 2.24) is 10.2 Å². The first-order chi connectivity index (χ1) is 14.0. The molecule has 1 atom stereocenters. The average molecular weight is 394 g/mol. The van der Waals surface area contributed by atoms with Gasteiger partial charge < -0.3 is 20.3 Å². The molecular formula is C24H31N3O2. The first-order valence-electron chi connectivity index (χ1n) is 10.3. The zero-order chi connectivity index (χ0) is 20.7. The summed E-state index contributed by atoms with van der Waals surface area (Å²) in [4.78, 5) is 13.9. The van der Waals surface area contributed by atoms with Crippen LogP contribution in [0.5, 0.6) is 5.75 Å². The summed E-state index contributed by atoms with van der Waals surface area (Å²) in [5.74, 6) is 0.833. The quantitative estimate of drug-likeness (QED) is 0.627. The Morgan fingerprint density at radius 2 is 1.97 bits per heavy atom. The Hall–Kier alpha value is -2.95. The van der Waals surface area contributed by atoms with Crippen LogP contribution in [0.1, 0.15) is 37.8 Å². The van der Waals surface area contributed by atoms with Crippen LogP contribution in [-0.2, 0) is 6.54 Å². The third-order valence-corrected chi connectivity index (χ3v) is 5.01. The number of carbonyl (C=O) groups is 1. The number of unbranched alkanes of at least 4 members (excludes halogenated alkanes) is 1. The zero-order valence-corrected chi connectivity index (χ0v) is 17.6. The second kappa shape index (κ2) is 9.50. The Kier molecular flexibility index (Phi) is 6.81. The molecule has 0 aliphatic carbocycles. The molecular weight excluding hydrogens is 362 g/mol. The van der Waals surface area contributed by atoms with Gasteiger partial charge in [-0.25, -0.2) is 4.79 Å². The molecule has 0 spiro atoms. The van der Waals surface area contributed by atoms with Crippen LogP contribution in [-0.4, -0.2) is 36.7 Å². The van der Waals surface area contributed by atoms with Crippen LogP contribution < -0.4 is 15.4 Å². The molecule has 5 heteroatoms. The van der Waals surface area contributed by atoms with Crippen molar-refractivity contribution < 1.29 is 9.53 Å². The Morgan fingerprint density at radius 3 is 2.72 bits per heavy atom. The monoisotopic (exact) mass is 393 g/mol. The number of nitrogens with one attached hydrogen (secondary N) is 2. The van der Waals surface area contributed by atoms with Gasteiger partial charge >= 0.3 is 6.03 Å². The fourth-order valence-electron chi connectivity index (χ4n) is 3.37. The lowest BCUT2D eigenvalue weighted by Crippen LogP contribution is -2.48. The largest absolute Gasteiger partial charge is 0.481 e. The van der Waals surface area contributed by atoms with Crippen LogP contribution in [0, 0.1) is 0 Å². The molecule has 2 aromatic carbocycles. The van der Waals surface area contributed by atoms with Crippen LogP contribution in [0.2, 0.25) is 0 Å². The summed E-state index contributed by atoms with van der Waals surface area (Å²) < 4.78 is 6.25. The maximum Gasteiger partial charge on any atom is 0.317 e. The maximum absolute atomic E-state index is 12.2. The summed E-state index contributed by atoms with van der Waals surface area (Å²) in [6.07, 6.45) is 6.16. The van der Waals surface area contributed by atoms with E-state index in [-0.39, 0.29) is 6.03 Å². The third-order valence-electron chi connectivity index (χ3n) is 5.01. The lowest BCUT2D eigenvalue weighted by atomic mass is 9.99. The van der Waals surface area contributed by atoms with E-state index < -0.39 is 5.60 Å². The van der Waals surface area contributed by atoms with E-state index in [1.165, 1.54) is 5.56 Å². The van der Waals surface area contributed by atoms with Crippen molar-refractivity contribution in [2.75, 3.05) is 25.5 Å². The Morgan fingerprint density at radius 1 is 1.17 bits per heavy atom. The second-order valence-electron chi connectivity index (χ2n) is 7.78. The number of urea groups is 1. The van der Waals surface area contributed by atoms with Crippen LogP contribution in [0.15, 0.2) is 54.6 Å². The summed E-state index contributed by atoms with van der Waals surface area (Å²) in [6, 6.07) is 16.4. The minimum Gasteiger partial charge on any atom is -0.481 e. The molecule has 1 aliphatic rings. The van der Waals surface area contributed by atoms with E-state index in [0.29, 0.717) is 13.1 Å². The molecule has 2 amide bonds. The number of hydrogen-bond donors (Lipinski definition) is 2. The number of hydrogen-bond acceptors (Lipinski definition) is 3. The Balaban J connectivity index is 1.59. The number of benzene rings is 2. The predicted molar refractivity (Wildman–Crippen MR) is 119 cm³/mol. The van der Waals surface area contributed by atoms with Crippen LogP contribution in [0.25, 0.3) is 6.08 Å². The van der Waals surface area contributed by atoms with Gasteiger partial charge in [-0.15, -0.1) is 0 Å². The average Bonchev–Trinajstić information content (AvgIpc) is 2.73. The first kappa shape index (κ1) is 20.8. The molecule has 0 saturated heterocycles. The van der Waals surface area contributed by atoms with Gasteiger partial charge in [-0.3, -0.25) is 0 Å². The molecule has 1 unspecified atom stereocenters. The number of ether oxygens (including phenoxy) is 1. The molecule has 0 aromatic heterocycles. The van der Waals surface area contributed by atoms with Crippen molar-refractivity contribution in [2.24, 2.45) is 0 Å². The van der Waals surface area contributed by atoms with Crippen molar-refractivity contribution in [1.29, 1.82) is 0 Å². The summed E-state index contributed by atoms with van der Waals surface area (Å²) in [6.45, 7) is 6.07. The van der Waals surface area contributed by atoms with Crippen molar-refractivity contribution in [3.05, 3.63) is 65.7 Å². The van der Waals surface area contributed by atoms with E-state index in [1.54, 1.807) is 11.9 Å². The number of nitrogens with zero attached hydrogens (tertiary/aromatic N) is 1. The number of carbonyl (C=O) groups excluding carboxylic acids is 1. The van der Waals surface area contributed by atoms with E-state index in [4.69, 9.17) is 4.74 Å². The number of amides is 2. The SMILES string of the molecule is CCCCNC(=O)N(C)CC1(C)C=Cc2cc(NCc3ccccc3)ccc2O1. The molecule has 0 fully saturated rings. The summed E-state index contributed by atoms with van der Waals surface area (Å²) >= 11 is 0. The molecule has 0 radical (unpaired) electrons. The Bertz CT molecular complexity index is 850. The highest BCUT2D eigenvalue weighted by atomic mass is 16.5. The highest BCUT2D eigenvalue weighted by Crippen LogP contribution is 2.33. The fraction of sp³-hybridized carbons (Fsp3) is 0.375. The van der Waals surface area contributed by atoms with Gasteiger partial charge in [0.05, 0.1) is 6.54 Å². The summed E-state index contributed by atoms with van der Waals surface area (Å²) in [5, 5.41) is 6.40. The smallest absolute Gasteiger partial charge is 0.317 e. The lowest BCUT2D eigenvalue weighted by Gasteiger charge is -2.35. The van der Waals surface area contributed by atoms with E-state index in [9.17, 15) is 4.79 Å². The minimum absolute atomic E-state index is 0.0667. The van der Waals surface area contributed by atoms with Crippen LogP contribution in [0.3, 0.4) is 0 Å². The highest BCUT2D eigenvalue weighted by Gasteiger charge is 2.30. The molecule has 5 nitrogen and oxygen atoms in total. The van der Waals surface area contributed by atoms with Crippen molar-refractivity contribution in [3.8, 4) is 5.75 Å². The highest BCUT2D eigenvalue weighted by molar-refractivity contribution is 5.74. The zero-order valence-electron chi connectivity index (χ0n) is 17.6. The molecule has 29 heavy (non-hydrogen) atoms. The molecule has 154 valence electrons. The van der Waals surface area contributed by atoms with Gasteiger partial charge in [-0.1, -0.05) is 49.8 Å². The van der Waals surface area contributed by atoms with E-state index >= 15 is 0 Å². The van der Waals surface area contributed by atoms with Crippen LogP contribution in [0.4, 0.5) is 10.5 Å². The summed E-state index contributed by atoms with van der Waals surface area (Å²) in [7, 11) is 1.80. The van der Waals surface area contributed by atoms with Gasteiger partial charge in [-0.2, -0.15) is 0 Å². The first-order valence-corrected chi connectivity index (χ1v) is 10.3. The van der Waals surface area contributed by atoms with E-state index in [0.717, 1.165) is 36.4 Å². The third kappa shape index (κ3) is 5.76. The molecule has 0 bridgehead atoms. The van der Waals surface area contributed by atoms with Crippen molar-refractivity contribution >= 4 is 17.8 Å². The fourth-order valence-corrected chi connectivity index (χ4v) is 3.37. The molecule has 1 aliphatic heterocycles. The van der Waals surface area contributed by atoms with Gasteiger partial charge in [0.2, 0.25) is 0 Å². The Labute approximate surface area is 173 Å². The molecule has 0 saturated carbocycles. The van der Waals surface area contributed by atoms with E-state index in [1.807, 2.05) is 43.3 Å². The lowest BCUT2D eigenvalue weighted by molar-refractivity contribution is 0.101. The second-order valence-corrected chi connectivity index (χ2v) is 7.78. The number of likely N-dealkylation sites (N-methyl/N-ethyl adjacent to an activating group) is 1. The molecule has 3 rings (SSSR count). The molecule has 2 N–H and O–H groups in total. The predicted octanol–water partition coefficient (Wildman–Crippen LogP) is 4.90. The van der Waals surface area contributed by atoms with Crippen molar-refractivity contribution in [2.45, 2.75) is 38.8 Å². The van der Waals surface area contributed by atoms with Gasteiger partial charge in [0, 0.05) is 31.4 Å². The topological polar surface area (TPSA) is 53.6 Å². The van der Waals surface area contributed by atoms with Gasteiger partial charge in [0.25, 0.3) is 0 Å². The van der Waals surface area contributed by atoms with Gasteiger partial charge in [-0.05, 0) is 43.2 Å². The van der Waals surface area contributed by atoms with Crippen LogP contribution >= 0.6 is 0 Å². The number of fused-ring (bicyclic) bond motifs is 1. The number of rotatable bonds is 8. The van der Waals surface area contributed by atoms with Gasteiger partial charge in [0.1, 0.15) is 11.4 Å². The minimum atomic E-state index is -0.553. The van der Waals surface area contributed by atoms with Gasteiger partial charge in [0.15, 0.2) is 0 Å².